The van der Waals surface area contributed by atoms with E-state index in [4.69, 9.17) is 4.43 Å². The average Bonchev–Trinajstić information content (AvgIpc) is 2.77. The van der Waals surface area contributed by atoms with Crippen molar-refractivity contribution in [3.8, 4) is 0 Å². The van der Waals surface area contributed by atoms with Crippen molar-refractivity contribution in [1.29, 1.82) is 0 Å². The number of nitrogens with zero attached hydrogens (tertiary/aromatic N) is 1. The fourth-order valence-corrected chi connectivity index (χ4v) is 5.67. The summed E-state index contributed by atoms with van der Waals surface area (Å²) in [6.07, 6.45) is 2.96. The number of piperidine rings is 1. The monoisotopic (exact) mass is 361 g/mol. The zero-order valence-electron chi connectivity index (χ0n) is 16.7. The summed E-state index contributed by atoms with van der Waals surface area (Å²) in [5.41, 5.74) is 1.22. The molecule has 1 N–H and O–H groups in total. The Kier molecular flexibility index (Phi) is 5.19. The number of aliphatic hydroxyl groups excluding tert-OH is 1. The molecule has 0 saturated carbocycles. The summed E-state index contributed by atoms with van der Waals surface area (Å²) in [4.78, 5) is 2.50. The molecule has 3 rings (SSSR count). The first kappa shape index (κ1) is 19.1. The van der Waals surface area contributed by atoms with Gasteiger partial charge in [0.05, 0.1) is 12.2 Å². The lowest BCUT2D eigenvalue weighted by molar-refractivity contribution is -0.0623. The maximum Gasteiger partial charge on any atom is 0.192 e. The summed E-state index contributed by atoms with van der Waals surface area (Å²) in [6, 6.07) is 11.5. The minimum Gasteiger partial charge on any atom is -0.409 e. The quantitative estimate of drug-likeness (QED) is 0.796. The molecule has 25 heavy (non-hydrogen) atoms. The fourth-order valence-electron chi connectivity index (χ4n) is 4.39. The molecule has 2 fully saturated rings. The molecule has 2 aliphatic rings. The second kappa shape index (κ2) is 6.80. The van der Waals surface area contributed by atoms with Crippen molar-refractivity contribution in [3.05, 3.63) is 35.9 Å². The van der Waals surface area contributed by atoms with Crippen LogP contribution in [0.1, 0.15) is 51.7 Å². The molecular formula is C21H35NO2Si. The van der Waals surface area contributed by atoms with E-state index in [2.05, 4.69) is 76.1 Å². The van der Waals surface area contributed by atoms with Gasteiger partial charge in [0.15, 0.2) is 8.32 Å². The molecule has 0 aliphatic carbocycles. The number of hydrogen-bond acceptors (Lipinski definition) is 3. The van der Waals surface area contributed by atoms with Crippen molar-refractivity contribution in [1.82, 2.24) is 4.90 Å². The van der Waals surface area contributed by atoms with Crippen molar-refractivity contribution < 1.29 is 9.53 Å². The second-order valence-electron chi connectivity index (χ2n) is 9.55. The maximum atomic E-state index is 11.0. The predicted octanol–water partition coefficient (Wildman–Crippen LogP) is 4.59. The number of rotatable bonds is 4. The highest BCUT2D eigenvalue weighted by molar-refractivity contribution is 6.74. The van der Waals surface area contributed by atoms with Gasteiger partial charge in [0.2, 0.25) is 0 Å². The molecule has 0 aromatic heterocycles. The molecule has 0 radical (unpaired) electrons. The molecule has 2 heterocycles. The van der Waals surface area contributed by atoms with Gasteiger partial charge in [-0.15, -0.1) is 0 Å². The van der Waals surface area contributed by atoms with Crippen molar-refractivity contribution in [2.45, 2.75) is 82.5 Å². The molecule has 5 atom stereocenters. The number of fused-ring (bicyclic) bond motifs is 2. The van der Waals surface area contributed by atoms with Gasteiger partial charge in [0, 0.05) is 18.0 Å². The van der Waals surface area contributed by atoms with Crippen LogP contribution < -0.4 is 0 Å². The van der Waals surface area contributed by atoms with E-state index in [-0.39, 0.29) is 23.2 Å². The van der Waals surface area contributed by atoms with Crippen LogP contribution in [0.15, 0.2) is 30.3 Å². The topological polar surface area (TPSA) is 32.7 Å². The van der Waals surface area contributed by atoms with Crippen molar-refractivity contribution >= 4 is 8.32 Å². The van der Waals surface area contributed by atoms with Crippen molar-refractivity contribution in [2.24, 2.45) is 5.92 Å². The fraction of sp³-hybridized carbons (Fsp3) is 0.714. The van der Waals surface area contributed by atoms with Crippen LogP contribution in [-0.2, 0) is 4.43 Å². The van der Waals surface area contributed by atoms with Gasteiger partial charge < -0.3 is 9.53 Å². The van der Waals surface area contributed by atoms with Crippen molar-refractivity contribution in [3.63, 3.8) is 0 Å². The van der Waals surface area contributed by atoms with Gasteiger partial charge in [-0.2, -0.15) is 0 Å². The van der Waals surface area contributed by atoms with Crippen LogP contribution in [0.5, 0.6) is 0 Å². The SMILES string of the molecule is CN1[C@@H]2CC[C@H]1[C@@H]([C@H](O[Si](C)(C)C(C)(C)C)c1ccccc1)[C@@H](O)C2. The van der Waals surface area contributed by atoms with Crippen molar-refractivity contribution in [2.75, 3.05) is 7.05 Å². The molecule has 2 aliphatic heterocycles. The third kappa shape index (κ3) is 3.59. The molecule has 140 valence electrons. The zero-order chi connectivity index (χ0) is 18.4. The van der Waals surface area contributed by atoms with Gasteiger partial charge in [-0.1, -0.05) is 51.1 Å². The predicted molar refractivity (Wildman–Crippen MR) is 106 cm³/mol. The third-order valence-electron chi connectivity index (χ3n) is 7.00. The standard InChI is InChI=1S/C21H35NO2Si/c1-21(2,3)25(5,6)24-20(15-10-8-7-9-11-15)19-17-13-12-16(22(17)4)14-18(19)23/h7-11,16-20,23H,12-14H2,1-6H3/t16-,17+,18+,19-,20-/m1/s1. The highest BCUT2D eigenvalue weighted by Gasteiger charge is 2.51. The Morgan fingerprint density at radius 2 is 1.80 bits per heavy atom. The van der Waals surface area contributed by atoms with Gasteiger partial charge in [0.1, 0.15) is 0 Å². The van der Waals surface area contributed by atoms with E-state index in [0.717, 1.165) is 6.42 Å². The highest BCUT2D eigenvalue weighted by Crippen LogP contribution is 2.48. The molecule has 0 spiro atoms. The third-order valence-corrected chi connectivity index (χ3v) is 11.5. The molecular weight excluding hydrogens is 326 g/mol. The van der Waals surface area contributed by atoms with Gasteiger partial charge >= 0.3 is 0 Å². The Balaban J connectivity index is 1.97. The molecule has 0 unspecified atom stereocenters. The van der Waals surface area contributed by atoms with Crippen LogP contribution >= 0.6 is 0 Å². The van der Waals surface area contributed by atoms with E-state index in [1.807, 2.05) is 0 Å². The minimum absolute atomic E-state index is 0.0245. The molecule has 0 amide bonds. The van der Waals surface area contributed by atoms with E-state index in [0.29, 0.717) is 12.1 Å². The molecule has 1 aromatic carbocycles. The Labute approximate surface area is 154 Å². The van der Waals surface area contributed by atoms with Crippen LogP contribution in [-0.4, -0.2) is 43.6 Å². The lowest BCUT2D eigenvalue weighted by atomic mass is 9.81. The zero-order valence-corrected chi connectivity index (χ0v) is 17.7. The Morgan fingerprint density at radius 1 is 1.16 bits per heavy atom. The minimum atomic E-state index is -1.94. The summed E-state index contributed by atoms with van der Waals surface area (Å²) in [6.45, 7) is 11.5. The first-order valence-corrected chi connectivity index (χ1v) is 12.7. The molecule has 4 heteroatoms. The lowest BCUT2D eigenvalue weighted by Crippen LogP contribution is -2.53. The Morgan fingerprint density at radius 3 is 2.40 bits per heavy atom. The van der Waals surface area contributed by atoms with E-state index in [9.17, 15) is 5.11 Å². The number of aliphatic hydroxyl groups is 1. The summed E-state index contributed by atoms with van der Waals surface area (Å²) in [5, 5.41) is 11.2. The van der Waals surface area contributed by atoms with Crippen LogP contribution in [0.25, 0.3) is 0 Å². The molecule has 2 bridgehead atoms. The van der Waals surface area contributed by atoms with Crippen LogP contribution in [0.3, 0.4) is 0 Å². The van der Waals surface area contributed by atoms with E-state index >= 15 is 0 Å². The summed E-state index contributed by atoms with van der Waals surface area (Å²) in [7, 11) is 0.287. The van der Waals surface area contributed by atoms with Gasteiger partial charge in [-0.05, 0) is 50.0 Å². The van der Waals surface area contributed by atoms with E-state index < -0.39 is 8.32 Å². The summed E-state index contributed by atoms with van der Waals surface area (Å²) in [5.74, 6) is 0.153. The lowest BCUT2D eigenvalue weighted by Gasteiger charge is -2.48. The first-order chi connectivity index (χ1) is 11.6. The van der Waals surface area contributed by atoms with Gasteiger partial charge in [-0.3, -0.25) is 4.90 Å². The normalized spacial score (nSPS) is 32.0. The van der Waals surface area contributed by atoms with Crippen LogP contribution in [0.4, 0.5) is 0 Å². The maximum absolute atomic E-state index is 11.0. The second-order valence-corrected chi connectivity index (χ2v) is 14.3. The van der Waals surface area contributed by atoms with E-state index in [1.54, 1.807) is 0 Å². The molecule has 1 aromatic rings. The van der Waals surface area contributed by atoms with E-state index in [1.165, 1.54) is 18.4 Å². The number of hydrogen-bond donors (Lipinski definition) is 1. The number of benzene rings is 1. The summed E-state index contributed by atoms with van der Waals surface area (Å²) < 4.78 is 6.95. The van der Waals surface area contributed by atoms with Crippen LogP contribution in [0.2, 0.25) is 18.1 Å². The summed E-state index contributed by atoms with van der Waals surface area (Å²) >= 11 is 0. The molecule has 2 saturated heterocycles. The smallest absolute Gasteiger partial charge is 0.192 e. The Bertz CT molecular complexity index is 583. The Hall–Kier alpha value is -0.683. The molecule has 3 nitrogen and oxygen atoms in total. The largest absolute Gasteiger partial charge is 0.409 e. The first-order valence-electron chi connectivity index (χ1n) is 9.74. The van der Waals surface area contributed by atoms with Gasteiger partial charge in [0.25, 0.3) is 0 Å². The highest BCUT2D eigenvalue weighted by atomic mass is 28.4. The van der Waals surface area contributed by atoms with Gasteiger partial charge in [-0.25, -0.2) is 0 Å². The van der Waals surface area contributed by atoms with Crippen LogP contribution in [0, 0.1) is 5.92 Å². The average molecular weight is 362 g/mol.